The van der Waals surface area contributed by atoms with Crippen LogP contribution in [0.3, 0.4) is 0 Å². The molecule has 0 fully saturated rings. The van der Waals surface area contributed by atoms with Gasteiger partial charge in [0.1, 0.15) is 12.8 Å². The van der Waals surface area contributed by atoms with E-state index in [2.05, 4.69) is 0 Å². The molecule has 1 aromatic carbocycles. The Bertz CT molecular complexity index is 470. The van der Waals surface area contributed by atoms with Gasteiger partial charge < -0.3 is 13.8 Å². The van der Waals surface area contributed by atoms with E-state index in [-0.39, 0.29) is 25.0 Å². The highest BCUT2D eigenvalue weighted by atomic mass is 31.2. The van der Waals surface area contributed by atoms with E-state index < -0.39 is 13.6 Å². The molecule has 0 atom stereocenters. The summed E-state index contributed by atoms with van der Waals surface area (Å²) in [6, 6.07) is 9.30. The van der Waals surface area contributed by atoms with Crippen LogP contribution in [0.4, 0.5) is 0 Å². The Kier molecular flexibility index (Phi) is 7.09. The molecule has 21 heavy (non-hydrogen) atoms. The number of hydrogen-bond donors (Lipinski definition) is 0. The Balaban J connectivity index is 2.57. The first kappa shape index (κ1) is 17.9. The third kappa shape index (κ3) is 7.42. The van der Waals surface area contributed by atoms with Crippen molar-refractivity contribution in [3.63, 3.8) is 0 Å². The van der Waals surface area contributed by atoms with E-state index >= 15 is 0 Å². The molecule has 0 aliphatic rings. The number of benzene rings is 1. The molecule has 1 aromatic rings. The molecule has 0 aliphatic carbocycles. The molecule has 0 bridgehead atoms. The molecule has 0 saturated heterocycles. The van der Waals surface area contributed by atoms with Crippen molar-refractivity contribution in [2.24, 2.45) is 0 Å². The summed E-state index contributed by atoms with van der Waals surface area (Å²) in [5, 5.41) is 0. The number of hydrogen-bond acceptors (Lipinski definition) is 5. The molecular weight excluding hydrogens is 291 g/mol. The van der Waals surface area contributed by atoms with Crippen molar-refractivity contribution in [2.75, 3.05) is 6.16 Å². The SMILES string of the molecule is CC(C)OP(=O)(CC(=O)OCc1ccccc1)OC(C)C. The summed E-state index contributed by atoms with van der Waals surface area (Å²) in [5.41, 5.74) is 0.871. The van der Waals surface area contributed by atoms with Crippen LogP contribution in [0.2, 0.25) is 0 Å². The summed E-state index contributed by atoms with van der Waals surface area (Å²) in [6.07, 6.45) is -0.969. The van der Waals surface area contributed by atoms with Crippen LogP contribution < -0.4 is 0 Å². The predicted molar refractivity (Wildman–Crippen MR) is 81.2 cm³/mol. The zero-order valence-corrected chi connectivity index (χ0v) is 13.8. The van der Waals surface area contributed by atoms with Crippen molar-refractivity contribution in [2.45, 2.75) is 46.5 Å². The highest BCUT2D eigenvalue weighted by Crippen LogP contribution is 2.50. The van der Waals surface area contributed by atoms with Gasteiger partial charge >= 0.3 is 13.6 Å². The first-order chi connectivity index (χ1) is 9.81. The fourth-order valence-electron chi connectivity index (χ4n) is 1.68. The van der Waals surface area contributed by atoms with Crippen LogP contribution in [-0.2, 0) is 29.8 Å². The molecule has 0 saturated carbocycles. The van der Waals surface area contributed by atoms with Gasteiger partial charge in [0.15, 0.2) is 0 Å². The molecule has 0 radical (unpaired) electrons. The quantitative estimate of drug-likeness (QED) is 0.540. The topological polar surface area (TPSA) is 61.8 Å². The van der Waals surface area contributed by atoms with Gasteiger partial charge in [-0.2, -0.15) is 0 Å². The van der Waals surface area contributed by atoms with Crippen molar-refractivity contribution >= 4 is 13.6 Å². The summed E-state index contributed by atoms with van der Waals surface area (Å²) in [4.78, 5) is 11.8. The smallest absolute Gasteiger partial charge is 0.342 e. The molecule has 0 N–H and O–H groups in total. The molecule has 0 aromatic heterocycles. The molecule has 0 amide bonds. The van der Waals surface area contributed by atoms with Crippen LogP contribution in [0.15, 0.2) is 30.3 Å². The van der Waals surface area contributed by atoms with Crippen LogP contribution in [0.25, 0.3) is 0 Å². The minimum Gasteiger partial charge on any atom is -0.460 e. The fraction of sp³-hybridized carbons (Fsp3) is 0.533. The fourth-order valence-corrected chi connectivity index (χ4v) is 3.57. The molecule has 6 heteroatoms. The Hall–Kier alpha value is -1.16. The van der Waals surface area contributed by atoms with Crippen LogP contribution in [-0.4, -0.2) is 24.3 Å². The molecule has 118 valence electrons. The first-order valence-electron chi connectivity index (χ1n) is 6.96. The molecular formula is C15H23O5P. The molecule has 0 spiro atoms. The van der Waals surface area contributed by atoms with Gasteiger partial charge in [0.2, 0.25) is 0 Å². The van der Waals surface area contributed by atoms with Gasteiger partial charge in [0.25, 0.3) is 0 Å². The molecule has 0 aliphatic heterocycles. The second-order valence-electron chi connectivity index (χ2n) is 5.22. The zero-order valence-electron chi connectivity index (χ0n) is 12.9. The van der Waals surface area contributed by atoms with Crippen molar-refractivity contribution in [1.82, 2.24) is 0 Å². The molecule has 0 heterocycles. The van der Waals surface area contributed by atoms with E-state index in [0.717, 1.165) is 5.56 Å². The van der Waals surface area contributed by atoms with Gasteiger partial charge in [0.05, 0.1) is 12.2 Å². The maximum absolute atomic E-state index is 12.5. The van der Waals surface area contributed by atoms with E-state index in [1.807, 2.05) is 30.3 Å². The summed E-state index contributed by atoms with van der Waals surface area (Å²) in [7, 11) is -3.48. The third-order valence-electron chi connectivity index (χ3n) is 2.31. The number of ether oxygens (including phenoxy) is 1. The Morgan fingerprint density at radius 1 is 1.05 bits per heavy atom. The third-order valence-corrected chi connectivity index (χ3v) is 4.44. The van der Waals surface area contributed by atoms with E-state index in [1.165, 1.54) is 0 Å². The summed E-state index contributed by atoms with van der Waals surface area (Å²) in [5.74, 6) is -0.594. The van der Waals surface area contributed by atoms with Crippen LogP contribution >= 0.6 is 7.60 Å². The van der Waals surface area contributed by atoms with Crippen molar-refractivity contribution < 1.29 is 23.1 Å². The standard InChI is InChI=1S/C15H23O5P/c1-12(2)19-21(17,20-13(3)4)11-15(16)18-10-14-8-6-5-7-9-14/h5-9,12-13H,10-11H2,1-4H3. The lowest BCUT2D eigenvalue weighted by Gasteiger charge is -2.22. The minimum absolute atomic E-state index is 0.142. The van der Waals surface area contributed by atoms with Crippen LogP contribution in [0.1, 0.15) is 33.3 Å². The largest absolute Gasteiger partial charge is 0.460 e. The Labute approximate surface area is 126 Å². The highest BCUT2D eigenvalue weighted by molar-refractivity contribution is 7.54. The maximum Gasteiger partial charge on any atom is 0.342 e. The molecule has 5 nitrogen and oxygen atoms in total. The normalized spacial score (nSPS) is 11.9. The van der Waals surface area contributed by atoms with Gasteiger partial charge in [-0.3, -0.25) is 9.36 Å². The van der Waals surface area contributed by atoms with E-state index in [1.54, 1.807) is 27.7 Å². The number of carbonyl (C=O) groups is 1. The average Bonchev–Trinajstić information content (AvgIpc) is 2.35. The van der Waals surface area contributed by atoms with Crippen LogP contribution in [0, 0.1) is 0 Å². The molecule has 1 rings (SSSR count). The van der Waals surface area contributed by atoms with Gasteiger partial charge in [-0.15, -0.1) is 0 Å². The second kappa shape index (κ2) is 8.32. The summed E-state index contributed by atoms with van der Waals surface area (Å²) >= 11 is 0. The van der Waals surface area contributed by atoms with Gasteiger partial charge in [-0.05, 0) is 33.3 Å². The lowest BCUT2D eigenvalue weighted by Crippen LogP contribution is -2.17. The van der Waals surface area contributed by atoms with E-state index in [9.17, 15) is 9.36 Å². The second-order valence-corrected chi connectivity index (χ2v) is 7.18. The van der Waals surface area contributed by atoms with Crippen molar-refractivity contribution in [3.05, 3.63) is 35.9 Å². The van der Waals surface area contributed by atoms with Crippen molar-refractivity contribution in [1.29, 1.82) is 0 Å². The summed E-state index contributed by atoms with van der Waals surface area (Å²) < 4.78 is 28.2. The number of rotatable bonds is 8. The lowest BCUT2D eigenvalue weighted by atomic mass is 10.2. The lowest BCUT2D eigenvalue weighted by molar-refractivity contribution is -0.142. The minimum atomic E-state index is -3.48. The Morgan fingerprint density at radius 2 is 1.57 bits per heavy atom. The van der Waals surface area contributed by atoms with Crippen LogP contribution in [0.5, 0.6) is 0 Å². The average molecular weight is 314 g/mol. The van der Waals surface area contributed by atoms with E-state index in [0.29, 0.717) is 0 Å². The maximum atomic E-state index is 12.5. The van der Waals surface area contributed by atoms with Gasteiger partial charge in [-0.1, -0.05) is 30.3 Å². The number of esters is 1. The Morgan fingerprint density at radius 3 is 2.05 bits per heavy atom. The monoisotopic (exact) mass is 314 g/mol. The highest BCUT2D eigenvalue weighted by Gasteiger charge is 2.31. The predicted octanol–water partition coefficient (Wildman–Crippen LogP) is 3.77. The molecule has 0 unspecified atom stereocenters. The van der Waals surface area contributed by atoms with Crippen molar-refractivity contribution in [3.8, 4) is 0 Å². The van der Waals surface area contributed by atoms with E-state index in [4.69, 9.17) is 13.8 Å². The summed E-state index contributed by atoms with van der Waals surface area (Å²) in [6.45, 7) is 7.11. The zero-order chi connectivity index (χ0) is 15.9. The first-order valence-corrected chi connectivity index (χ1v) is 8.69. The van der Waals surface area contributed by atoms with Gasteiger partial charge in [0, 0.05) is 0 Å². The number of carbonyl (C=O) groups excluding carboxylic acids is 1. The van der Waals surface area contributed by atoms with Gasteiger partial charge in [-0.25, -0.2) is 0 Å².